The number of nitrogens with two attached hydrogens (primary N) is 1. The van der Waals surface area contributed by atoms with Gasteiger partial charge in [0.05, 0.1) is 6.10 Å². The van der Waals surface area contributed by atoms with Crippen LogP contribution in [0.25, 0.3) is 0 Å². The molecule has 0 spiro atoms. The maximum atomic E-state index is 10.6. The van der Waals surface area contributed by atoms with Gasteiger partial charge in [0.2, 0.25) is 0 Å². The standard InChI is InChI=1S/C7H13NO3.ClH/c1-6(2)4(9)3-7(6,8)5(10)11;/h4,9H,3,8H2,1-2H3,(H,10,11);1H/t4-,7-;/m0./s1. The lowest BCUT2D eigenvalue weighted by Gasteiger charge is -2.54. The van der Waals surface area contributed by atoms with Gasteiger partial charge in [-0.3, -0.25) is 4.79 Å². The summed E-state index contributed by atoms with van der Waals surface area (Å²) in [5.74, 6) is -1.03. The first kappa shape index (κ1) is 11.7. The Balaban J connectivity index is 0.00000121. The molecule has 1 saturated carbocycles. The van der Waals surface area contributed by atoms with Gasteiger partial charge in [-0.15, -0.1) is 12.4 Å². The Morgan fingerprint density at radius 1 is 1.58 bits per heavy atom. The van der Waals surface area contributed by atoms with Crippen LogP contribution in [0.4, 0.5) is 0 Å². The summed E-state index contributed by atoms with van der Waals surface area (Å²) in [7, 11) is 0. The summed E-state index contributed by atoms with van der Waals surface area (Å²) >= 11 is 0. The molecule has 0 heterocycles. The molecule has 0 aliphatic heterocycles. The molecule has 5 heteroatoms. The van der Waals surface area contributed by atoms with E-state index >= 15 is 0 Å². The lowest BCUT2D eigenvalue weighted by molar-refractivity contribution is -0.175. The van der Waals surface area contributed by atoms with Crippen LogP contribution in [-0.4, -0.2) is 27.8 Å². The van der Waals surface area contributed by atoms with Crippen molar-refractivity contribution >= 4 is 18.4 Å². The van der Waals surface area contributed by atoms with Gasteiger partial charge in [0.15, 0.2) is 0 Å². The molecular formula is C7H14ClNO3. The van der Waals surface area contributed by atoms with E-state index in [9.17, 15) is 9.90 Å². The molecule has 0 aromatic heterocycles. The molecule has 0 saturated heterocycles. The lowest BCUT2D eigenvalue weighted by atomic mass is 9.55. The van der Waals surface area contributed by atoms with Crippen molar-refractivity contribution in [2.45, 2.75) is 31.9 Å². The molecule has 0 radical (unpaired) electrons. The first-order chi connectivity index (χ1) is 4.82. The molecule has 0 aromatic rings. The van der Waals surface area contributed by atoms with E-state index in [4.69, 9.17) is 10.8 Å². The second kappa shape index (κ2) is 2.87. The summed E-state index contributed by atoms with van der Waals surface area (Å²) in [6.45, 7) is 3.32. The molecule has 4 N–H and O–H groups in total. The summed E-state index contributed by atoms with van der Waals surface area (Å²) in [6, 6.07) is 0. The van der Waals surface area contributed by atoms with Crippen LogP contribution >= 0.6 is 12.4 Å². The fourth-order valence-corrected chi connectivity index (χ4v) is 1.35. The van der Waals surface area contributed by atoms with Crippen LogP contribution in [0.3, 0.4) is 0 Å². The number of hydrogen-bond donors (Lipinski definition) is 3. The van der Waals surface area contributed by atoms with E-state index in [-0.39, 0.29) is 18.8 Å². The Bertz CT molecular complexity index is 207. The first-order valence-corrected chi connectivity index (χ1v) is 3.53. The maximum absolute atomic E-state index is 10.6. The maximum Gasteiger partial charge on any atom is 0.324 e. The molecule has 72 valence electrons. The molecule has 1 rings (SSSR count). The molecule has 1 aliphatic carbocycles. The van der Waals surface area contributed by atoms with Gasteiger partial charge in [-0.25, -0.2) is 0 Å². The zero-order valence-electron chi connectivity index (χ0n) is 7.07. The summed E-state index contributed by atoms with van der Waals surface area (Å²) in [4.78, 5) is 10.6. The van der Waals surface area contributed by atoms with Gasteiger partial charge < -0.3 is 15.9 Å². The SMILES string of the molecule is CC1(C)[C@@H](O)C[C@]1(N)C(=O)O.Cl. The van der Waals surface area contributed by atoms with E-state index in [1.54, 1.807) is 13.8 Å². The van der Waals surface area contributed by atoms with Crippen LogP contribution in [0.15, 0.2) is 0 Å². The molecule has 0 aromatic carbocycles. The first-order valence-electron chi connectivity index (χ1n) is 3.53. The van der Waals surface area contributed by atoms with Gasteiger partial charge in [0, 0.05) is 11.8 Å². The normalized spacial score (nSPS) is 37.8. The number of rotatable bonds is 1. The number of aliphatic carboxylic acids is 1. The fraction of sp³-hybridized carbons (Fsp3) is 0.857. The molecule has 1 fully saturated rings. The van der Waals surface area contributed by atoms with Gasteiger partial charge in [-0.2, -0.15) is 0 Å². The van der Waals surface area contributed by atoms with E-state index in [0.717, 1.165) is 0 Å². The van der Waals surface area contributed by atoms with Crippen LogP contribution < -0.4 is 5.73 Å². The fourth-order valence-electron chi connectivity index (χ4n) is 1.35. The second-order valence-corrected chi connectivity index (χ2v) is 3.72. The number of aliphatic hydroxyl groups excluding tert-OH is 1. The van der Waals surface area contributed by atoms with Crippen molar-refractivity contribution in [3.8, 4) is 0 Å². The van der Waals surface area contributed by atoms with Crippen LogP contribution in [-0.2, 0) is 4.79 Å². The second-order valence-electron chi connectivity index (χ2n) is 3.72. The molecule has 12 heavy (non-hydrogen) atoms. The highest BCUT2D eigenvalue weighted by Crippen LogP contribution is 2.47. The number of carbonyl (C=O) groups is 1. The third-order valence-corrected chi connectivity index (χ3v) is 2.88. The Kier molecular flexibility index (Phi) is 2.79. The Morgan fingerprint density at radius 2 is 2.00 bits per heavy atom. The van der Waals surface area contributed by atoms with Gasteiger partial charge in [-0.1, -0.05) is 13.8 Å². The monoisotopic (exact) mass is 195 g/mol. The van der Waals surface area contributed by atoms with E-state index in [0.29, 0.717) is 0 Å². The highest BCUT2D eigenvalue weighted by atomic mass is 35.5. The topological polar surface area (TPSA) is 83.5 Å². The van der Waals surface area contributed by atoms with E-state index in [2.05, 4.69) is 0 Å². The Labute approximate surface area is 77.2 Å². The predicted molar refractivity (Wildman–Crippen MR) is 46.2 cm³/mol. The van der Waals surface area contributed by atoms with Crippen molar-refractivity contribution in [1.82, 2.24) is 0 Å². The minimum absolute atomic E-state index is 0. The third kappa shape index (κ3) is 1.11. The number of aliphatic hydroxyl groups is 1. The van der Waals surface area contributed by atoms with Gasteiger partial charge in [-0.05, 0) is 0 Å². The summed E-state index contributed by atoms with van der Waals surface area (Å²) in [6.07, 6.45) is -0.446. The van der Waals surface area contributed by atoms with Crippen LogP contribution in [0.2, 0.25) is 0 Å². The van der Waals surface area contributed by atoms with Crippen molar-refractivity contribution in [3.63, 3.8) is 0 Å². The third-order valence-electron chi connectivity index (χ3n) is 2.88. The smallest absolute Gasteiger partial charge is 0.324 e. The molecular weight excluding hydrogens is 182 g/mol. The molecule has 4 nitrogen and oxygen atoms in total. The number of carboxylic acids is 1. The lowest BCUT2D eigenvalue weighted by Crippen LogP contribution is -2.73. The van der Waals surface area contributed by atoms with E-state index in [1.807, 2.05) is 0 Å². The Morgan fingerprint density at radius 3 is 2.08 bits per heavy atom. The van der Waals surface area contributed by atoms with E-state index in [1.165, 1.54) is 0 Å². The minimum Gasteiger partial charge on any atom is -0.480 e. The van der Waals surface area contributed by atoms with Crippen molar-refractivity contribution in [2.24, 2.45) is 11.1 Å². The average Bonchev–Trinajstić information content (AvgIpc) is 1.87. The highest BCUT2D eigenvalue weighted by molar-refractivity contribution is 5.85. The minimum atomic E-state index is -1.24. The van der Waals surface area contributed by atoms with Crippen molar-refractivity contribution in [3.05, 3.63) is 0 Å². The zero-order valence-corrected chi connectivity index (χ0v) is 7.89. The largest absolute Gasteiger partial charge is 0.480 e. The summed E-state index contributed by atoms with van der Waals surface area (Å²) < 4.78 is 0. The zero-order chi connectivity index (χ0) is 8.86. The summed E-state index contributed by atoms with van der Waals surface area (Å²) in [5.41, 5.74) is 3.60. The Hall–Kier alpha value is -0.320. The van der Waals surface area contributed by atoms with Crippen LogP contribution in [0.1, 0.15) is 20.3 Å². The van der Waals surface area contributed by atoms with Gasteiger partial charge >= 0.3 is 5.97 Å². The average molecular weight is 196 g/mol. The summed E-state index contributed by atoms with van der Waals surface area (Å²) in [5, 5.41) is 17.9. The molecule has 0 bridgehead atoms. The molecule has 1 aliphatic rings. The number of carboxylic acid groups (broad SMARTS) is 1. The molecule has 0 unspecified atom stereocenters. The van der Waals surface area contributed by atoms with Gasteiger partial charge in [0.25, 0.3) is 0 Å². The van der Waals surface area contributed by atoms with Crippen molar-refractivity contribution in [1.29, 1.82) is 0 Å². The van der Waals surface area contributed by atoms with Crippen molar-refractivity contribution in [2.75, 3.05) is 0 Å². The van der Waals surface area contributed by atoms with Crippen LogP contribution in [0, 0.1) is 5.41 Å². The molecule has 2 atom stereocenters. The highest BCUT2D eigenvalue weighted by Gasteiger charge is 2.62. The van der Waals surface area contributed by atoms with E-state index < -0.39 is 23.0 Å². The number of halogens is 1. The van der Waals surface area contributed by atoms with Crippen molar-refractivity contribution < 1.29 is 15.0 Å². The van der Waals surface area contributed by atoms with Crippen LogP contribution in [0.5, 0.6) is 0 Å². The van der Waals surface area contributed by atoms with Gasteiger partial charge in [0.1, 0.15) is 5.54 Å². The number of hydrogen-bond acceptors (Lipinski definition) is 3. The predicted octanol–water partition coefficient (Wildman–Crippen LogP) is -0.0189. The quantitative estimate of drug-likeness (QED) is 0.549. The molecule has 0 amide bonds.